The second-order valence-electron chi connectivity index (χ2n) is 6.58. The zero-order valence-electron chi connectivity index (χ0n) is 16.1. The number of benzene rings is 1. The van der Waals surface area contributed by atoms with E-state index in [-0.39, 0.29) is 5.91 Å². The number of hydrogen-bond acceptors (Lipinski definition) is 6. The molecule has 0 bridgehead atoms. The average Bonchev–Trinajstić information content (AvgIpc) is 3.21. The van der Waals surface area contributed by atoms with Crippen molar-refractivity contribution in [3.63, 3.8) is 0 Å². The number of likely N-dealkylation sites (tertiary alicyclic amines) is 1. The van der Waals surface area contributed by atoms with E-state index in [1.165, 1.54) is 0 Å². The Morgan fingerprint density at radius 2 is 1.85 bits per heavy atom. The number of nitrogens with zero attached hydrogens (tertiary/aromatic N) is 3. The van der Waals surface area contributed by atoms with Crippen LogP contribution in [0.2, 0.25) is 0 Å². The van der Waals surface area contributed by atoms with Gasteiger partial charge in [-0.15, -0.1) is 0 Å². The summed E-state index contributed by atoms with van der Waals surface area (Å²) in [5.74, 6) is 1.89. The van der Waals surface area contributed by atoms with Crippen LogP contribution in [0.1, 0.15) is 34.6 Å². The van der Waals surface area contributed by atoms with Crippen LogP contribution in [0, 0.1) is 6.92 Å². The summed E-state index contributed by atoms with van der Waals surface area (Å²) in [4.78, 5) is 23.2. The highest BCUT2D eigenvalue weighted by atomic mass is 16.5. The van der Waals surface area contributed by atoms with Gasteiger partial charge in [0.15, 0.2) is 11.5 Å². The number of rotatable bonds is 7. The number of nitrogens with one attached hydrogen (secondary N) is 1. The van der Waals surface area contributed by atoms with Crippen molar-refractivity contribution in [2.45, 2.75) is 26.2 Å². The first-order valence-electron chi connectivity index (χ1n) is 9.20. The highest BCUT2D eigenvalue weighted by molar-refractivity contribution is 5.92. The normalized spacial score (nSPS) is 13.5. The number of anilines is 1. The number of aromatic nitrogens is 2. The molecule has 0 unspecified atom stereocenters. The molecule has 1 aliphatic heterocycles. The van der Waals surface area contributed by atoms with Crippen LogP contribution in [0.4, 0.5) is 5.95 Å². The number of amides is 1. The Labute approximate surface area is 159 Å². The second-order valence-corrected chi connectivity index (χ2v) is 6.58. The number of carbonyl (C=O) groups is 1. The maximum absolute atomic E-state index is 12.6. The van der Waals surface area contributed by atoms with E-state index in [4.69, 9.17) is 9.47 Å². The zero-order chi connectivity index (χ0) is 19.2. The summed E-state index contributed by atoms with van der Waals surface area (Å²) in [6, 6.07) is 7.60. The van der Waals surface area contributed by atoms with E-state index in [9.17, 15) is 4.79 Å². The van der Waals surface area contributed by atoms with Gasteiger partial charge in [0.2, 0.25) is 5.95 Å². The number of hydrogen-bond donors (Lipinski definition) is 1. The minimum atomic E-state index is -0.0130. The molecular weight excluding hydrogens is 344 g/mol. The van der Waals surface area contributed by atoms with Crippen molar-refractivity contribution in [2.24, 2.45) is 0 Å². The minimum Gasteiger partial charge on any atom is -0.493 e. The molecule has 1 N–H and O–H groups in total. The van der Waals surface area contributed by atoms with Crippen molar-refractivity contribution in [3.8, 4) is 11.5 Å². The van der Waals surface area contributed by atoms with Gasteiger partial charge in [0.05, 0.1) is 14.2 Å². The van der Waals surface area contributed by atoms with Gasteiger partial charge in [-0.25, -0.2) is 9.97 Å². The van der Waals surface area contributed by atoms with Crippen LogP contribution >= 0.6 is 0 Å². The molecule has 0 spiro atoms. The van der Waals surface area contributed by atoms with Gasteiger partial charge in [0.1, 0.15) is 5.69 Å². The summed E-state index contributed by atoms with van der Waals surface area (Å²) in [6.45, 7) is 4.14. The first-order valence-corrected chi connectivity index (χ1v) is 9.20. The van der Waals surface area contributed by atoms with Crippen LogP contribution in [0.5, 0.6) is 11.5 Å². The Kier molecular flexibility index (Phi) is 6.11. The smallest absolute Gasteiger partial charge is 0.272 e. The molecule has 1 saturated heterocycles. The summed E-state index contributed by atoms with van der Waals surface area (Å²) in [7, 11) is 3.24. The predicted octanol–water partition coefficient (Wildman–Crippen LogP) is 2.69. The fourth-order valence-electron chi connectivity index (χ4n) is 3.19. The van der Waals surface area contributed by atoms with E-state index in [1.54, 1.807) is 20.3 Å². The number of ether oxygens (including phenoxy) is 2. The van der Waals surface area contributed by atoms with E-state index in [2.05, 4.69) is 15.3 Å². The molecule has 1 aromatic carbocycles. The highest BCUT2D eigenvalue weighted by Crippen LogP contribution is 2.27. The summed E-state index contributed by atoms with van der Waals surface area (Å²) < 4.78 is 10.6. The molecule has 1 fully saturated rings. The molecule has 0 saturated carbocycles. The third kappa shape index (κ3) is 4.67. The molecule has 7 heteroatoms. The molecule has 0 atom stereocenters. The van der Waals surface area contributed by atoms with Crippen LogP contribution in [-0.2, 0) is 6.42 Å². The van der Waals surface area contributed by atoms with Gasteiger partial charge >= 0.3 is 0 Å². The molecule has 1 amide bonds. The van der Waals surface area contributed by atoms with E-state index in [0.717, 1.165) is 43.6 Å². The highest BCUT2D eigenvalue weighted by Gasteiger charge is 2.21. The molecule has 0 aliphatic carbocycles. The van der Waals surface area contributed by atoms with Gasteiger partial charge in [-0.1, -0.05) is 6.07 Å². The van der Waals surface area contributed by atoms with Crippen LogP contribution in [0.3, 0.4) is 0 Å². The zero-order valence-corrected chi connectivity index (χ0v) is 16.1. The van der Waals surface area contributed by atoms with Crippen molar-refractivity contribution in [1.82, 2.24) is 14.9 Å². The Balaban J connectivity index is 1.63. The van der Waals surface area contributed by atoms with Crippen LogP contribution in [-0.4, -0.2) is 54.6 Å². The Bertz CT molecular complexity index is 804. The Morgan fingerprint density at radius 1 is 1.11 bits per heavy atom. The predicted molar refractivity (Wildman–Crippen MR) is 104 cm³/mol. The molecule has 7 nitrogen and oxygen atoms in total. The van der Waals surface area contributed by atoms with Crippen molar-refractivity contribution in [1.29, 1.82) is 0 Å². The van der Waals surface area contributed by atoms with Gasteiger partial charge in [-0.05, 0) is 49.9 Å². The SMILES string of the molecule is COc1ccc(CCNc2nc(C)cc(C(=O)N3CCCC3)n2)cc1OC. The fourth-order valence-corrected chi connectivity index (χ4v) is 3.19. The van der Waals surface area contributed by atoms with E-state index in [0.29, 0.717) is 29.7 Å². The molecule has 1 aliphatic rings. The Morgan fingerprint density at radius 3 is 2.56 bits per heavy atom. The van der Waals surface area contributed by atoms with Crippen molar-refractivity contribution in [3.05, 3.63) is 41.2 Å². The molecular formula is C20H26N4O3. The molecule has 0 radical (unpaired) electrons. The summed E-state index contributed by atoms with van der Waals surface area (Å²) in [6.07, 6.45) is 2.89. The lowest BCUT2D eigenvalue weighted by Crippen LogP contribution is -2.28. The average molecular weight is 370 g/mol. The van der Waals surface area contributed by atoms with E-state index < -0.39 is 0 Å². The number of aryl methyl sites for hydroxylation is 1. The lowest BCUT2D eigenvalue weighted by Gasteiger charge is -2.15. The van der Waals surface area contributed by atoms with Crippen LogP contribution < -0.4 is 14.8 Å². The first-order chi connectivity index (χ1) is 13.1. The van der Waals surface area contributed by atoms with Crippen LogP contribution in [0.15, 0.2) is 24.3 Å². The molecule has 2 aromatic rings. The lowest BCUT2D eigenvalue weighted by atomic mass is 10.1. The number of methoxy groups -OCH3 is 2. The first kappa shape index (κ1) is 18.9. The van der Waals surface area contributed by atoms with Gasteiger partial charge < -0.3 is 19.7 Å². The third-order valence-corrected chi connectivity index (χ3v) is 4.61. The number of carbonyl (C=O) groups excluding carboxylic acids is 1. The largest absolute Gasteiger partial charge is 0.493 e. The van der Waals surface area contributed by atoms with Gasteiger partial charge in [0.25, 0.3) is 5.91 Å². The standard InChI is InChI=1S/C20H26N4O3/c1-14-12-16(19(25)24-10-4-5-11-24)23-20(22-14)21-9-8-15-6-7-17(26-2)18(13-15)27-3/h6-7,12-13H,4-5,8-11H2,1-3H3,(H,21,22,23). The van der Waals surface area contributed by atoms with E-state index >= 15 is 0 Å². The molecule has 144 valence electrons. The molecule has 27 heavy (non-hydrogen) atoms. The van der Waals surface area contributed by atoms with Crippen molar-refractivity contribution in [2.75, 3.05) is 39.2 Å². The summed E-state index contributed by atoms with van der Waals surface area (Å²) in [5.41, 5.74) is 2.35. The maximum Gasteiger partial charge on any atom is 0.272 e. The van der Waals surface area contributed by atoms with Crippen molar-refractivity contribution < 1.29 is 14.3 Å². The fraction of sp³-hybridized carbons (Fsp3) is 0.450. The lowest BCUT2D eigenvalue weighted by molar-refractivity contribution is 0.0787. The summed E-state index contributed by atoms with van der Waals surface area (Å²) >= 11 is 0. The van der Waals surface area contributed by atoms with E-state index in [1.807, 2.05) is 30.0 Å². The molecule has 2 heterocycles. The van der Waals surface area contributed by atoms with Crippen LogP contribution in [0.25, 0.3) is 0 Å². The summed E-state index contributed by atoms with van der Waals surface area (Å²) in [5, 5.41) is 3.22. The molecule has 3 rings (SSSR count). The Hall–Kier alpha value is -2.83. The monoisotopic (exact) mass is 370 g/mol. The third-order valence-electron chi connectivity index (χ3n) is 4.61. The van der Waals surface area contributed by atoms with Gasteiger partial charge in [-0.2, -0.15) is 0 Å². The van der Waals surface area contributed by atoms with Gasteiger partial charge in [0, 0.05) is 25.3 Å². The molecule has 1 aromatic heterocycles. The quantitative estimate of drug-likeness (QED) is 0.808. The maximum atomic E-state index is 12.6. The second kappa shape index (κ2) is 8.70. The van der Waals surface area contributed by atoms with Gasteiger partial charge in [-0.3, -0.25) is 4.79 Å². The van der Waals surface area contributed by atoms with Crippen molar-refractivity contribution >= 4 is 11.9 Å². The minimum absolute atomic E-state index is 0.0130. The topological polar surface area (TPSA) is 76.6 Å².